The number of rotatable bonds is 10. The van der Waals surface area contributed by atoms with Gasteiger partial charge in [-0.3, -0.25) is 14.4 Å². The molecular weight excluding hydrogens is 434 g/mol. The van der Waals surface area contributed by atoms with Gasteiger partial charge >= 0.3 is 0 Å². The summed E-state index contributed by atoms with van der Waals surface area (Å²) < 4.78 is 6.95. The van der Waals surface area contributed by atoms with Crippen LogP contribution in [0.2, 0.25) is 0 Å². The number of nitrogens with one attached hydrogen (secondary N) is 2. The van der Waals surface area contributed by atoms with Gasteiger partial charge in [0, 0.05) is 25.2 Å². The topological polar surface area (TPSA) is 106 Å². The Balaban J connectivity index is 1.82. The predicted octanol–water partition coefficient (Wildman–Crippen LogP) is 2.61. The maximum atomic E-state index is 13.6. The van der Waals surface area contributed by atoms with Crippen molar-refractivity contribution in [3.8, 4) is 5.75 Å². The van der Waals surface area contributed by atoms with E-state index in [1.54, 1.807) is 23.5 Å². The molecule has 9 nitrogen and oxygen atoms in total. The number of imidazole rings is 1. The maximum absolute atomic E-state index is 13.6. The Labute approximate surface area is 200 Å². The van der Waals surface area contributed by atoms with Crippen molar-refractivity contribution in [3.05, 3.63) is 47.5 Å². The molecule has 0 bridgehead atoms. The lowest BCUT2D eigenvalue weighted by atomic mass is 9.93. The zero-order valence-corrected chi connectivity index (χ0v) is 20.7. The minimum Gasteiger partial charge on any atom is -0.496 e. The van der Waals surface area contributed by atoms with Crippen molar-refractivity contribution in [3.63, 3.8) is 0 Å². The van der Waals surface area contributed by atoms with Gasteiger partial charge in [-0.25, -0.2) is 4.98 Å². The third-order valence-electron chi connectivity index (χ3n) is 6.15. The highest BCUT2D eigenvalue weighted by Gasteiger charge is 2.48. The molecule has 2 heterocycles. The van der Waals surface area contributed by atoms with Crippen molar-refractivity contribution in [1.29, 1.82) is 0 Å². The fraction of sp³-hybridized carbons (Fsp3) is 0.520. The first kappa shape index (κ1) is 25.3. The van der Waals surface area contributed by atoms with Crippen LogP contribution < -0.4 is 15.4 Å². The molecule has 184 valence electrons. The molecule has 9 heteroatoms. The molecule has 1 aliphatic heterocycles. The molecule has 3 rings (SSSR count). The summed E-state index contributed by atoms with van der Waals surface area (Å²) >= 11 is 0. The Morgan fingerprint density at radius 3 is 2.65 bits per heavy atom. The number of amides is 3. The summed E-state index contributed by atoms with van der Waals surface area (Å²) in [6.45, 7) is 9.34. The summed E-state index contributed by atoms with van der Waals surface area (Å²) in [6, 6.07) is 7.40. The molecule has 0 saturated carbocycles. The maximum Gasteiger partial charge on any atom is 0.273 e. The number of para-hydroxylation sites is 1. The van der Waals surface area contributed by atoms with Crippen molar-refractivity contribution in [2.75, 3.05) is 20.2 Å². The second-order valence-electron chi connectivity index (χ2n) is 9.23. The van der Waals surface area contributed by atoms with Crippen LogP contribution in [0.1, 0.15) is 67.1 Å². The number of aromatic nitrogens is 2. The quantitative estimate of drug-likeness (QED) is 0.557. The van der Waals surface area contributed by atoms with Crippen molar-refractivity contribution in [2.45, 2.75) is 59.2 Å². The van der Waals surface area contributed by atoms with E-state index in [0.29, 0.717) is 31.2 Å². The molecule has 2 N–H and O–H groups in total. The van der Waals surface area contributed by atoms with E-state index in [0.717, 1.165) is 12.0 Å². The number of methoxy groups -OCH3 is 1. The summed E-state index contributed by atoms with van der Waals surface area (Å²) in [7, 11) is 1.57. The normalized spacial score (nSPS) is 17.5. The third kappa shape index (κ3) is 5.08. The van der Waals surface area contributed by atoms with E-state index < -0.39 is 11.4 Å². The van der Waals surface area contributed by atoms with Gasteiger partial charge in [0.1, 0.15) is 17.0 Å². The molecule has 0 radical (unpaired) electrons. The van der Waals surface area contributed by atoms with Gasteiger partial charge in [-0.15, -0.1) is 0 Å². The first-order chi connectivity index (χ1) is 16.2. The van der Waals surface area contributed by atoms with E-state index in [1.165, 1.54) is 6.33 Å². The second-order valence-corrected chi connectivity index (χ2v) is 9.23. The minimum absolute atomic E-state index is 0.0586. The van der Waals surface area contributed by atoms with Crippen molar-refractivity contribution < 1.29 is 19.1 Å². The molecule has 3 amide bonds. The van der Waals surface area contributed by atoms with Crippen molar-refractivity contribution >= 4 is 17.7 Å². The lowest BCUT2D eigenvalue weighted by molar-refractivity contribution is -0.132. The molecule has 0 spiro atoms. The minimum atomic E-state index is -1.07. The summed E-state index contributed by atoms with van der Waals surface area (Å²) in [4.78, 5) is 45.5. The summed E-state index contributed by atoms with van der Waals surface area (Å²) in [6.07, 6.45) is 3.01. The number of carbonyl (C=O) groups excluding carboxylic acids is 3. The predicted molar refractivity (Wildman–Crippen MR) is 129 cm³/mol. The standard InChI is InChI=1S/C25H35N5O4/c1-6-13-30-23(32)21-20(22(31)27-14-18-9-7-8-10-19(18)34-5)28-16-29(21)15-25(30,4)24(33)26-12-11-17(2)3/h7-10,16-17H,6,11-15H2,1-5H3,(H,26,33)(H,27,31). The Morgan fingerprint density at radius 1 is 1.24 bits per heavy atom. The average Bonchev–Trinajstić information content (AvgIpc) is 3.23. The van der Waals surface area contributed by atoms with Gasteiger partial charge in [0.15, 0.2) is 5.69 Å². The molecule has 1 unspecified atom stereocenters. The molecule has 0 aliphatic carbocycles. The first-order valence-electron chi connectivity index (χ1n) is 11.8. The van der Waals surface area contributed by atoms with Gasteiger partial charge in [-0.2, -0.15) is 0 Å². The molecule has 1 aliphatic rings. The van der Waals surface area contributed by atoms with E-state index in [1.807, 2.05) is 31.2 Å². The van der Waals surface area contributed by atoms with E-state index in [9.17, 15) is 14.4 Å². The number of benzene rings is 1. The van der Waals surface area contributed by atoms with Crippen LogP contribution >= 0.6 is 0 Å². The first-order valence-corrected chi connectivity index (χ1v) is 11.8. The molecule has 1 atom stereocenters. The van der Waals surface area contributed by atoms with E-state index >= 15 is 0 Å². The Morgan fingerprint density at radius 2 is 1.97 bits per heavy atom. The SMILES string of the molecule is CCCN1C(=O)c2c(C(=O)NCc3ccccc3OC)ncn2CC1(C)C(=O)NCCC(C)C. The van der Waals surface area contributed by atoms with Crippen LogP contribution in [0.5, 0.6) is 5.75 Å². The third-order valence-corrected chi connectivity index (χ3v) is 6.15. The Kier molecular flexibility index (Phi) is 7.96. The van der Waals surface area contributed by atoms with Gasteiger partial charge in [0.25, 0.3) is 11.8 Å². The van der Waals surface area contributed by atoms with Gasteiger partial charge in [0.2, 0.25) is 5.91 Å². The van der Waals surface area contributed by atoms with Gasteiger partial charge in [0.05, 0.1) is 20.0 Å². The molecule has 1 aromatic carbocycles. The number of nitrogens with zero attached hydrogens (tertiary/aromatic N) is 3. The van der Waals surface area contributed by atoms with E-state index in [-0.39, 0.29) is 36.3 Å². The Hall–Kier alpha value is -3.36. The second kappa shape index (κ2) is 10.7. The average molecular weight is 470 g/mol. The smallest absolute Gasteiger partial charge is 0.273 e. The van der Waals surface area contributed by atoms with Crippen molar-refractivity contribution in [2.24, 2.45) is 5.92 Å². The van der Waals surface area contributed by atoms with Gasteiger partial charge in [-0.1, -0.05) is 39.0 Å². The van der Waals surface area contributed by atoms with Crippen LogP contribution in [0.4, 0.5) is 0 Å². The molecule has 34 heavy (non-hydrogen) atoms. The zero-order chi connectivity index (χ0) is 24.9. The largest absolute Gasteiger partial charge is 0.496 e. The van der Waals surface area contributed by atoms with Crippen molar-refractivity contribution in [1.82, 2.24) is 25.1 Å². The number of ether oxygens (including phenoxy) is 1. The number of fused-ring (bicyclic) bond motifs is 1. The highest BCUT2D eigenvalue weighted by molar-refractivity contribution is 6.07. The monoisotopic (exact) mass is 469 g/mol. The van der Waals surface area contributed by atoms with Crippen LogP contribution in [-0.2, 0) is 17.9 Å². The summed E-state index contributed by atoms with van der Waals surface area (Å²) in [5.74, 6) is 0.115. The van der Waals surface area contributed by atoms with Crippen LogP contribution in [0.25, 0.3) is 0 Å². The summed E-state index contributed by atoms with van der Waals surface area (Å²) in [5.41, 5.74) is 0.0147. The van der Waals surface area contributed by atoms with Crippen LogP contribution in [0.15, 0.2) is 30.6 Å². The lowest BCUT2D eigenvalue weighted by Gasteiger charge is -2.43. The highest BCUT2D eigenvalue weighted by Crippen LogP contribution is 2.29. The fourth-order valence-corrected chi connectivity index (χ4v) is 4.20. The number of hydrogen-bond acceptors (Lipinski definition) is 5. The molecule has 1 aromatic heterocycles. The molecule has 2 aromatic rings. The molecular formula is C25H35N5O4. The summed E-state index contributed by atoms with van der Waals surface area (Å²) in [5, 5.41) is 5.82. The zero-order valence-electron chi connectivity index (χ0n) is 20.7. The van der Waals surface area contributed by atoms with Crippen LogP contribution in [0, 0.1) is 5.92 Å². The van der Waals surface area contributed by atoms with Crippen LogP contribution in [0.3, 0.4) is 0 Å². The number of hydrogen-bond donors (Lipinski definition) is 2. The molecule has 0 saturated heterocycles. The van der Waals surface area contributed by atoms with Crippen LogP contribution in [-0.4, -0.2) is 57.9 Å². The Bertz CT molecular complexity index is 1050. The number of carbonyl (C=O) groups is 3. The lowest BCUT2D eigenvalue weighted by Crippen LogP contribution is -2.64. The fourth-order valence-electron chi connectivity index (χ4n) is 4.20. The molecule has 0 fully saturated rings. The highest BCUT2D eigenvalue weighted by atomic mass is 16.5. The van der Waals surface area contributed by atoms with Gasteiger partial charge in [-0.05, 0) is 31.7 Å². The van der Waals surface area contributed by atoms with E-state index in [4.69, 9.17) is 4.74 Å². The van der Waals surface area contributed by atoms with E-state index in [2.05, 4.69) is 29.5 Å². The van der Waals surface area contributed by atoms with Gasteiger partial charge < -0.3 is 24.8 Å².